The summed E-state index contributed by atoms with van der Waals surface area (Å²) in [6.45, 7) is 5.50. The van der Waals surface area contributed by atoms with E-state index >= 15 is 0 Å². The summed E-state index contributed by atoms with van der Waals surface area (Å²) >= 11 is 0. The Labute approximate surface area is 136 Å². The number of carbonyl (C=O) groups is 1. The molecular weight excluding hydrogens is 294 g/mol. The molecule has 0 spiro atoms. The lowest BCUT2D eigenvalue weighted by Gasteiger charge is -2.15. The van der Waals surface area contributed by atoms with Crippen LogP contribution >= 0.6 is 0 Å². The van der Waals surface area contributed by atoms with E-state index in [0.717, 1.165) is 23.1 Å². The number of hydrogen-bond donors (Lipinski definition) is 3. The number of urea groups is 1. The number of amides is 2. The highest BCUT2D eigenvalue weighted by Gasteiger charge is 2.11. The van der Waals surface area contributed by atoms with Crippen molar-refractivity contribution < 1.29 is 14.6 Å². The number of anilines is 1. The molecule has 2 rings (SSSR count). The molecule has 1 heterocycles. The first kappa shape index (κ1) is 17.3. The van der Waals surface area contributed by atoms with E-state index in [0.29, 0.717) is 6.61 Å². The van der Waals surface area contributed by atoms with Gasteiger partial charge in [0.1, 0.15) is 0 Å². The van der Waals surface area contributed by atoms with E-state index in [1.165, 1.54) is 0 Å². The summed E-state index contributed by atoms with van der Waals surface area (Å²) in [5.74, 6) is 0.110. The van der Waals surface area contributed by atoms with Gasteiger partial charge >= 0.3 is 6.03 Å². The molecule has 1 unspecified atom stereocenters. The lowest BCUT2D eigenvalue weighted by Crippen LogP contribution is -2.37. The van der Waals surface area contributed by atoms with Crippen molar-refractivity contribution >= 4 is 22.6 Å². The highest BCUT2D eigenvalue weighted by atomic mass is 16.5. The zero-order valence-corrected chi connectivity index (χ0v) is 13.9. The summed E-state index contributed by atoms with van der Waals surface area (Å²) in [6, 6.07) is 7.46. The maximum Gasteiger partial charge on any atom is 0.319 e. The molecule has 2 aromatic rings. The molecule has 0 bridgehead atoms. The first-order chi connectivity index (χ1) is 11.0. The van der Waals surface area contributed by atoms with Crippen molar-refractivity contribution in [3.05, 3.63) is 30.5 Å². The van der Waals surface area contributed by atoms with Gasteiger partial charge in [-0.2, -0.15) is 0 Å². The number of aliphatic hydroxyl groups excluding tert-OH is 1. The number of nitrogens with one attached hydrogen (secondary N) is 2. The van der Waals surface area contributed by atoms with E-state index in [1.807, 2.05) is 44.3 Å². The largest absolute Gasteiger partial charge is 0.391 e. The summed E-state index contributed by atoms with van der Waals surface area (Å²) in [5, 5.41) is 16.2. The molecule has 0 aliphatic rings. The van der Waals surface area contributed by atoms with Crippen LogP contribution in [0.3, 0.4) is 0 Å². The van der Waals surface area contributed by atoms with Gasteiger partial charge < -0.3 is 25.0 Å². The van der Waals surface area contributed by atoms with Crippen molar-refractivity contribution in [2.45, 2.75) is 26.5 Å². The molecule has 126 valence electrons. The van der Waals surface area contributed by atoms with Gasteiger partial charge in [0.05, 0.1) is 12.7 Å². The van der Waals surface area contributed by atoms with Crippen LogP contribution in [0.1, 0.15) is 13.8 Å². The Morgan fingerprint density at radius 1 is 1.35 bits per heavy atom. The molecular formula is C17H25N3O3. The minimum Gasteiger partial charge on any atom is -0.391 e. The summed E-state index contributed by atoms with van der Waals surface area (Å²) in [5.41, 5.74) is 1.82. The predicted octanol–water partition coefficient (Wildman–Crippen LogP) is 2.43. The molecule has 23 heavy (non-hydrogen) atoms. The van der Waals surface area contributed by atoms with Crippen LogP contribution < -0.4 is 10.6 Å². The van der Waals surface area contributed by atoms with Crippen molar-refractivity contribution in [3.8, 4) is 0 Å². The molecule has 0 saturated heterocycles. The minimum absolute atomic E-state index is 0.110. The van der Waals surface area contributed by atoms with E-state index in [1.54, 1.807) is 7.11 Å². The Kier molecular flexibility index (Phi) is 6.01. The number of aliphatic hydroxyl groups is 1. The Balaban J connectivity index is 1.97. The van der Waals surface area contributed by atoms with Crippen LogP contribution in [0.25, 0.3) is 10.9 Å². The summed E-state index contributed by atoms with van der Waals surface area (Å²) < 4.78 is 7.21. The maximum absolute atomic E-state index is 11.9. The highest BCUT2D eigenvalue weighted by molar-refractivity contribution is 5.92. The average Bonchev–Trinajstić information content (AvgIpc) is 2.92. The molecule has 0 radical (unpaired) electrons. The Morgan fingerprint density at radius 2 is 2.13 bits per heavy atom. The van der Waals surface area contributed by atoms with E-state index in [2.05, 4.69) is 15.2 Å². The molecule has 1 aromatic carbocycles. The average molecular weight is 319 g/mol. The zero-order valence-electron chi connectivity index (χ0n) is 13.9. The predicted molar refractivity (Wildman–Crippen MR) is 91.7 cm³/mol. The quantitative estimate of drug-likeness (QED) is 0.733. The molecule has 0 aliphatic heterocycles. The van der Waals surface area contributed by atoms with Gasteiger partial charge in [-0.05, 0) is 30.2 Å². The third kappa shape index (κ3) is 4.71. The highest BCUT2D eigenvalue weighted by Crippen LogP contribution is 2.20. The Bertz CT molecular complexity index is 652. The van der Waals surface area contributed by atoms with Crippen LogP contribution in [-0.4, -0.2) is 42.1 Å². The van der Waals surface area contributed by atoms with Gasteiger partial charge in [-0.1, -0.05) is 13.8 Å². The number of methoxy groups -OCH3 is 1. The van der Waals surface area contributed by atoms with E-state index in [9.17, 15) is 9.90 Å². The van der Waals surface area contributed by atoms with Gasteiger partial charge in [0.25, 0.3) is 0 Å². The van der Waals surface area contributed by atoms with Crippen LogP contribution in [0.15, 0.2) is 30.5 Å². The smallest absolute Gasteiger partial charge is 0.319 e. The normalized spacial score (nSPS) is 12.6. The van der Waals surface area contributed by atoms with Crippen molar-refractivity contribution in [1.29, 1.82) is 0 Å². The topological polar surface area (TPSA) is 75.5 Å². The molecule has 3 N–H and O–H groups in total. The van der Waals surface area contributed by atoms with Crippen LogP contribution in [0.4, 0.5) is 10.5 Å². The van der Waals surface area contributed by atoms with Gasteiger partial charge in [0, 0.05) is 43.0 Å². The number of carbonyl (C=O) groups excluding carboxylic acids is 1. The van der Waals surface area contributed by atoms with E-state index in [4.69, 9.17) is 4.74 Å². The van der Waals surface area contributed by atoms with Gasteiger partial charge in [-0.3, -0.25) is 0 Å². The first-order valence-electron chi connectivity index (χ1n) is 7.82. The number of ether oxygens (including phenoxy) is 1. The molecule has 0 fully saturated rings. The van der Waals surface area contributed by atoms with Crippen LogP contribution in [0.2, 0.25) is 0 Å². The number of benzene rings is 1. The Morgan fingerprint density at radius 3 is 2.83 bits per heavy atom. The third-order valence-corrected chi connectivity index (χ3v) is 3.81. The van der Waals surface area contributed by atoms with Crippen LogP contribution in [0.5, 0.6) is 0 Å². The first-order valence-corrected chi connectivity index (χ1v) is 7.82. The molecule has 0 saturated carbocycles. The monoisotopic (exact) mass is 319 g/mol. The summed E-state index contributed by atoms with van der Waals surface area (Å²) in [6.07, 6.45) is 1.46. The second-order valence-corrected chi connectivity index (χ2v) is 5.92. The van der Waals surface area contributed by atoms with Crippen molar-refractivity contribution in [1.82, 2.24) is 9.88 Å². The van der Waals surface area contributed by atoms with Crippen LogP contribution in [0, 0.1) is 5.92 Å². The van der Waals surface area contributed by atoms with Gasteiger partial charge in [-0.15, -0.1) is 0 Å². The maximum atomic E-state index is 11.9. The zero-order chi connectivity index (χ0) is 16.8. The number of rotatable bonds is 7. The fourth-order valence-electron chi connectivity index (χ4n) is 2.27. The number of fused-ring (bicyclic) bond motifs is 1. The summed E-state index contributed by atoms with van der Waals surface area (Å²) in [4.78, 5) is 11.9. The molecule has 1 aromatic heterocycles. The van der Waals surface area contributed by atoms with Crippen molar-refractivity contribution in [3.63, 3.8) is 0 Å². The SMILES string of the molecule is COCCn1ccc2cc(NC(=O)NCC(O)C(C)C)ccc21. The lowest BCUT2D eigenvalue weighted by molar-refractivity contribution is 0.126. The second kappa shape index (κ2) is 7.99. The number of hydrogen-bond acceptors (Lipinski definition) is 3. The van der Waals surface area contributed by atoms with E-state index in [-0.39, 0.29) is 18.5 Å². The van der Waals surface area contributed by atoms with Gasteiger partial charge in [0.15, 0.2) is 0 Å². The molecule has 6 heteroatoms. The number of nitrogens with zero attached hydrogens (tertiary/aromatic N) is 1. The third-order valence-electron chi connectivity index (χ3n) is 3.81. The van der Waals surface area contributed by atoms with Crippen molar-refractivity contribution in [2.75, 3.05) is 25.6 Å². The fraction of sp³-hybridized carbons (Fsp3) is 0.471. The molecule has 0 aliphatic carbocycles. The van der Waals surface area contributed by atoms with Crippen molar-refractivity contribution in [2.24, 2.45) is 5.92 Å². The van der Waals surface area contributed by atoms with Crippen LogP contribution in [-0.2, 0) is 11.3 Å². The molecule has 2 amide bonds. The summed E-state index contributed by atoms with van der Waals surface area (Å²) in [7, 11) is 1.68. The minimum atomic E-state index is -0.543. The number of aromatic nitrogens is 1. The van der Waals surface area contributed by atoms with E-state index < -0.39 is 6.10 Å². The fourth-order valence-corrected chi connectivity index (χ4v) is 2.27. The van der Waals surface area contributed by atoms with Gasteiger partial charge in [-0.25, -0.2) is 4.79 Å². The second-order valence-electron chi connectivity index (χ2n) is 5.92. The Hall–Kier alpha value is -2.05. The standard InChI is InChI=1S/C17H25N3O3/c1-12(2)16(21)11-18-17(22)19-14-4-5-15-13(10-14)6-7-20(15)8-9-23-3/h4-7,10,12,16,21H,8-9,11H2,1-3H3,(H2,18,19,22). The molecule has 1 atom stereocenters. The molecule has 6 nitrogen and oxygen atoms in total. The van der Waals surface area contributed by atoms with Gasteiger partial charge in [0.2, 0.25) is 0 Å². The lowest BCUT2D eigenvalue weighted by atomic mass is 10.1.